The van der Waals surface area contributed by atoms with Gasteiger partial charge in [0.15, 0.2) is 0 Å². The molecule has 35 heavy (non-hydrogen) atoms. The zero-order chi connectivity index (χ0) is 25.4. The van der Waals surface area contributed by atoms with Gasteiger partial charge in [-0.05, 0) is 56.3 Å². The van der Waals surface area contributed by atoms with Gasteiger partial charge >= 0.3 is 6.18 Å². The Morgan fingerprint density at radius 1 is 1.06 bits per heavy atom. The molecule has 0 aliphatic carbocycles. The smallest absolute Gasteiger partial charge is 0.379 e. The molecule has 2 heterocycles. The monoisotopic (exact) mass is 525 g/mol. The number of aliphatic imine (C=N–C) groups is 1. The molecule has 4 rings (SSSR count). The van der Waals surface area contributed by atoms with Crippen molar-refractivity contribution in [2.75, 3.05) is 26.3 Å². The largest absolute Gasteiger partial charge is 0.416 e. The zero-order valence-corrected chi connectivity index (χ0v) is 20.6. The number of sulfonamides is 1. The van der Waals surface area contributed by atoms with Gasteiger partial charge < -0.3 is 9.30 Å². The molecule has 1 aromatic heterocycles. The number of morpholine rings is 1. The van der Waals surface area contributed by atoms with E-state index in [2.05, 4.69) is 4.99 Å². The Kier molecular flexibility index (Phi) is 7.10. The second kappa shape index (κ2) is 9.77. The first-order valence-electron chi connectivity index (χ1n) is 10.8. The lowest BCUT2D eigenvalue weighted by Crippen LogP contribution is -2.40. The topological polar surface area (TPSA) is 63.9 Å². The first-order valence-corrected chi connectivity index (χ1v) is 12.6. The normalized spacial score (nSPS) is 15.7. The van der Waals surface area contributed by atoms with Crippen molar-refractivity contribution in [1.29, 1.82) is 0 Å². The first-order chi connectivity index (χ1) is 16.5. The molecule has 0 radical (unpaired) electrons. The molecule has 1 fully saturated rings. The summed E-state index contributed by atoms with van der Waals surface area (Å²) in [6.45, 7) is 4.76. The lowest BCUT2D eigenvalue weighted by atomic mass is 10.2. The molecule has 0 atom stereocenters. The van der Waals surface area contributed by atoms with Crippen molar-refractivity contribution in [3.05, 3.63) is 76.1 Å². The minimum absolute atomic E-state index is 0.0744. The summed E-state index contributed by atoms with van der Waals surface area (Å²) >= 11 is 6.28. The minimum atomic E-state index is -4.45. The number of nitrogens with zero attached hydrogens (tertiary/aromatic N) is 3. The average Bonchev–Trinajstić information content (AvgIpc) is 3.11. The van der Waals surface area contributed by atoms with Gasteiger partial charge in [-0.3, -0.25) is 4.99 Å². The number of rotatable bonds is 5. The van der Waals surface area contributed by atoms with Crippen molar-refractivity contribution in [3.63, 3.8) is 0 Å². The molecule has 11 heteroatoms. The lowest BCUT2D eigenvalue weighted by molar-refractivity contribution is -0.137. The summed E-state index contributed by atoms with van der Waals surface area (Å²) in [6.07, 6.45) is -2.92. The number of ether oxygens (including phenoxy) is 1. The summed E-state index contributed by atoms with van der Waals surface area (Å²) in [7, 11) is -3.72. The quantitative estimate of drug-likeness (QED) is 0.411. The summed E-state index contributed by atoms with van der Waals surface area (Å²) in [5.74, 6) is 0. The Labute approximate surface area is 206 Å². The zero-order valence-electron chi connectivity index (χ0n) is 19.0. The van der Waals surface area contributed by atoms with Crippen LogP contribution in [0.25, 0.3) is 5.69 Å². The van der Waals surface area contributed by atoms with Gasteiger partial charge in [0.2, 0.25) is 10.0 Å². The van der Waals surface area contributed by atoms with E-state index in [1.807, 2.05) is 0 Å². The van der Waals surface area contributed by atoms with Crippen LogP contribution in [0.1, 0.15) is 22.5 Å². The second-order valence-corrected chi connectivity index (χ2v) is 10.4. The SMILES string of the molecule is Cc1cc(C=Nc2cc(S(=O)(=O)N3CCOCC3)ccc2Cl)c(C)n1-c1cccc(C(F)(F)F)c1. The van der Waals surface area contributed by atoms with E-state index in [1.54, 1.807) is 30.5 Å². The summed E-state index contributed by atoms with van der Waals surface area (Å²) in [5.41, 5.74) is 1.98. The highest BCUT2D eigenvalue weighted by Crippen LogP contribution is 2.32. The molecule has 6 nitrogen and oxygen atoms in total. The molecular weight excluding hydrogens is 503 g/mol. The molecule has 0 unspecified atom stereocenters. The van der Waals surface area contributed by atoms with Crippen LogP contribution in [0.2, 0.25) is 5.02 Å². The van der Waals surface area contributed by atoms with Crippen LogP contribution in [0.4, 0.5) is 18.9 Å². The van der Waals surface area contributed by atoms with Gasteiger partial charge in [-0.2, -0.15) is 17.5 Å². The van der Waals surface area contributed by atoms with E-state index in [9.17, 15) is 21.6 Å². The van der Waals surface area contributed by atoms with Gasteiger partial charge in [0.05, 0.1) is 34.4 Å². The highest BCUT2D eigenvalue weighted by Gasteiger charge is 2.31. The third-order valence-electron chi connectivity index (χ3n) is 5.77. The van der Waals surface area contributed by atoms with Crippen molar-refractivity contribution in [1.82, 2.24) is 8.87 Å². The maximum absolute atomic E-state index is 13.2. The van der Waals surface area contributed by atoms with Gasteiger partial charge in [-0.15, -0.1) is 0 Å². The maximum Gasteiger partial charge on any atom is 0.416 e. The molecule has 0 amide bonds. The van der Waals surface area contributed by atoms with Crippen molar-refractivity contribution in [2.45, 2.75) is 24.9 Å². The number of aryl methyl sites for hydroxylation is 1. The van der Waals surface area contributed by atoms with Crippen LogP contribution in [0.15, 0.2) is 58.4 Å². The fourth-order valence-corrected chi connectivity index (χ4v) is 5.56. The molecule has 3 aromatic rings. The number of aromatic nitrogens is 1. The van der Waals surface area contributed by atoms with Gasteiger partial charge in [0, 0.05) is 41.9 Å². The van der Waals surface area contributed by atoms with Crippen molar-refractivity contribution in [2.24, 2.45) is 4.99 Å². The van der Waals surface area contributed by atoms with Gasteiger partial charge in [0.25, 0.3) is 0 Å². The predicted octanol–water partition coefficient (Wildman–Crippen LogP) is 5.54. The second-order valence-electron chi connectivity index (χ2n) is 8.10. The summed E-state index contributed by atoms with van der Waals surface area (Å²) in [6, 6.07) is 11.2. The molecule has 0 spiro atoms. The predicted molar refractivity (Wildman–Crippen MR) is 129 cm³/mol. The van der Waals surface area contributed by atoms with Crippen molar-refractivity contribution >= 4 is 33.5 Å². The Bertz CT molecular complexity index is 1380. The van der Waals surface area contributed by atoms with Gasteiger partial charge in [-0.25, -0.2) is 8.42 Å². The van der Waals surface area contributed by atoms with Gasteiger partial charge in [-0.1, -0.05) is 17.7 Å². The van der Waals surface area contributed by atoms with Crippen LogP contribution >= 0.6 is 11.6 Å². The molecule has 0 bridgehead atoms. The standard InChI is InChI=1S/C24H23ClF3N3O3S/c1-16-12-18(17(2)31(16)20-5-3-4-19(13-20)24(26,27)28)15-29-23-14-21(6-7-22(23)25)35(32,33)30-8-10-34-11-9-30/h3-7,12-15H,8-11H2,1-2H3. The molecule has 186 valence electrons. The van der Waals surface area contributed by atoms with Crippen LogP contribution in [-0.2, 0) is 20.9 Å². The Hall–Kier alpha value is -2.66. The molecular formula is C24H23ClF3N3O3S. The van der Waals surface area contributed by atoms with E-state index in [0.717, 1.165) is 17.8 Å². The maximum atomic E-state index is 13.2. The van der Waals surface area contributed by atoms with E-state index in [4.69, 9.17) is 16.3 Å². The Morgan fingerprint density at radius 3 is 2.46 bits per heavy atom. The number of hydrogen-bond acceptors (Lipinski definition) is 4. The number of halogens is 4. The summed E-state index contributed by atoms with van der Waals surface area (Å²) in [5, 5.41) is 0.272. The van der Waals surface area contributed by atoms with Crippen LogP contribution in [0.3, 0.4) is 0 Å². The van der Waals surface area contributed by atoms with E-state index < -0.39 is 21.8 Å². The number of hydrogen-bond donors (Lipinski definition) is 0. The molecule has 0 N–H and O–H groups in total. The molecule has 1 aliphatic rings. The first kappa shape index (κ1) is 25.4. The lowest BCUT2D eigenvalue weighted by Gasteiger charge is -2.26. The van der Waals surface area contributed by atoms with E-state index in [0.29, 0.717) is 30.2 Å². The van der Waals surface area contributed by atoms with E-state index in [1.165, 1.54) is 34.8 Å². The van der Waals surface area contributed by atoms with Crippen LogP contribution in [0.5, 0.6) is 0 Å². The van der Waals surface area contributed by atoms with Crippen LogP contribution < -0.4 is 0 Å². The fourth-order valence-electron chi connectivity index (χ4n) is 3.96. The third kappa shape index (κ3) is 5.30. The Balaban J connectivity index is 1.66. The molecule has 2 aromatic carbocycles. The molecule has 1 aliphatic heterocycles. The van der Waals surface area contributed by atoms with E-state index in [-0.39, 0.29) is 28.7 Å². The van der Waals surface area contributed by atoms with Gasteiger partial charge in [0.1, 0.15) is 0 Å². The summed E-state index contributed by atoms with van der Waals surface area (Å²) < 4.78 is 73.8. The molecule has 1 saturated heterocycles. The third-order valence-corrected chi connectivity index (χ3v) is 7.98. The minimum Gasteiger partial charge on any atom is -0.379 e. The van der Waals surface area contributed by atoms with Crippen LogP contribution in [-0.4, -0.2) is 49.8 Å². The summed E-state index contributed by atoms with van der Waals surface area (Å²) in [4.78, 5) is 4.48. The fraction of sp³-hybridized carbons (Fsp3) is 0.292. The number of benzene rings is 2. The Morgan fingerprint density at radius 2 is 1.77 bits per heavy atom. The highest BCUT2D eigenvalue weighted by molar-refractivity contribution is 7.89. The van der Waals surface area contributed by atoms with Crippen molar-refractivity contribution < 1.29 is 26.3 Å². The highest BCUT2D eigenvalue weighted by atomic mass is 35.5. The van der Waals surface area contributed by atoms with Crippen molar-refractivity contribution in [3.8, 4) is 5.69 Å². The number of alkyl halides is 3. The van der Waals surface area contributed by atoms with Crippen LogP contribution in [0, 0.1) is 13.8 Å². The molecule has 0 saturated carbocycles. The van der Waals surface area contributed by atoms with E-state index >= 15 is 0 Å². The average molecular weight is 526 g/mol.